The van der Waals surface area contributed by atoms with E-state index in [-0.39, 0.29) is 0 Å². The second kappa shape index (κ2) is 35.7. The van der Waals surface area contributed by atoms with Gasteiger partial charge >= 0.3 is 0 Å². The maximum Gasteiger partial charge on any atom is 0.0543 e. The molecule has 0 N–H and O–H groups in total. The summed E-state index contributed by atoms with van der Waals surface area (Å²) in [4.78, 5) is 10.1. The molecule has 0 atom stereocenters. The quantitative estimate of drug-likeness (QED) is 0.0894. The van der Waals surface area contributed by atoms with Crippen molar-refractivity contribution in [3.8, 4) is 44.5 Å². The first-order chi connectivity index (χ1) is 72.4. The standard InChI is InChI=1S/2C70H52N2S2/c2*1-41-39-61(71(49-19-9-7-10-20-49)67-43(3)35-47(36-44(67)4)53-25-17-27-57-55-23-13-15-29-63(55)73-69(53)57)59-34-32-52-42(2)40-62(60-33-31-51(41)65(59)66(52)60)72(50-21-11-8-12-22-50)68-45(5)37-48(38-46(68)6)54-26-18-28-58-56-24-14-16-30-64(56)74-70(54)58/h2*7-40H,1-6H3. The molecule has 148 heavy (non-hydrogen) atoms. The van der Waals surface area contributed by atoms with E-state index in [9.17, 15) is 0 Å². The van der Waals surface area contributed by atoms with Gasteiger partial charge in [0, 0.05) is 125 Å². The molecule has 0 saturated carbocycles. The van der Waals surface area contributed by atoms with Gasteiger partial charge < -0.3 is 19.6 Å². The number of hydrogen-bond donors (Lipinski definition) is 0. The highest BCUT2D eigenvalue weighted by atomic mass is 32.1. The lowest BCUT2D eigenvalue weighted by atomic mass is 9.87. The molecule has 0 amide bonds. The van der Waals surface area contributed by atoms with Crippen molar-refractivity contribution in [3.05, 3.63) is 479 Å². The smallest absolute Gasteiger partial charge is 0.0543 e. The second-order valence-electron chi connectivity index (χ2n) is 40.6. The minimum absolute atomic E-state index is 1.14. The average molecular weight is 1970 g/mol. The molecule has 24 aromatic carbocycles. The molecule has 0 unspecified atom stereocenters. The maximum atomic E-state index is 2.53. The molecule has 8 heteroatoms. The van der Waals surface area contributed by atoms with Crippen LogP contribution in [0.5, 0.6) is 0 Å². The number of benzene rings is 24. The number of anilines is 12. The van der Waals surface area contributed by atoms with E-state index in [2.05, 4.69) is 515 Å². The zero-order chi connectivity index (χ0) is 99.9. The molecule has 28 rings (SSSR count). The van der Waals surface area contributed by atoms with Gasteiger partial charge in [0.25, 0.3) is 0 Å². The van der Waals surface area contributed by atoms with Gasteiger partial charge in [-0.05, 0) is 383 Å². The third-order valence-electron chi connectivity index (χ3n) is 31.3. The Bertz CT molecular complexity index is 9030. The van der Waals surface area contributed by atoms with Crippen molar-refractivity contribution < 1.29 is 0 Å². The molecule has 0 aliphatic rings. The van der Waals surface area contributed by atoms with Crippen LogP contribution in [0, 0.1) is 83.1 Å². The number of para-hydroxylation sites is 4. The summed E-state index contributed by atoms with van der Waals surface area (Å²) in [6.45, 7) is 27.6. The molecule has 4 nitrogen and oxygen atoms in total. The van der Waals surface area contributed by atoms with E-state index in [1.165, 1.54) is 302 Å². The fourth-order valence-electron chi connectivity index (χ4n) is 25.0. The van der Waals surface area contributed by atoms with Crippen LogP contribution in [0.25, 0.3) is 190 Å². The van der Waals surface area contributed by atoms with Crippen LogP contribution < -0.4 is 19.6 Å². The summed E-state index contributed by atoms with van der Waals surface area (Å²) in [6, 6.07) is 154. The first kappa shape index (κ1) is 90.2. The molecule has 28 aromatic rings. The van der Waals surface area contributed by atoms with E-state index in [0.29, 0.717) is 0 Å². The predicted octanol–water partition coefficient (Wildman–Crippen LogP) is 42.9. The molecule has 0 fully saturated rings. The van der Waals surface area contributed by atoms with Crippen molar-refractivity contribution in [1.82, 2.24) is 0 Å². The van der Waals surface area contributed by atoms with Gasteiger partial charge in [-0.3, -0.25) is 0 Å². The lowest BCUT2D eigenvalue weighted by molar-refractivity contribution is 1.22. The Morgan fingerprint density at radius 1 is 0.142 bits per heavy atom. The first-order valence-electron chi connectivity index (χ1n) is 51.3. The van der Waals surface area contributed by atoms with Gasteiger partial charge in [0.2, 0.25) is 0 Å². The van der Waals surface area contributed by atoms with Crippen molar-refractivity contribution in [2.45, 2.75) is 83.1 Å². The molecule has 0 aliphatic carbocycles. The van der Waals surface area contributed by atoms with Gasteiger partial charge in [-0.25, -0.2) is 0 Å². The van der Waals surface area contributed by atoms with Crippen LogP contribution in [0.2, 0.25) is 0 Å². The van der Waals surface area contributed by atoms with E-state index < -0.39 is 0 Å². The van der Waals surface area contributed by atoms with E-state index in [1.807, 2.05) is 45.3 Å². The molecule has 0 bridgehead atoms. The van der Waals surface area contributed by atoms with E-state index in [0.717, 1.165) is 22.7 Å². The molecule has 0 saturated heterocycles. The van der Waals surface area contributed by atoms with E-state index in [4.69, 9.17) is 0 Å². The van der Waals surface area contributed by atoms with Crippen molar-refractivity contribution in [1.29, 1.82) is 0 Å². The van der Waals surface area contributed by atoms with E-state index >= 15 is 0 Å². The minimum Gasteiger partial charge on any atom is -0.309 e. The lowest BCUT2D eigenvalue weighted by Gasteiger charge is -2.33. The Morgan fingerprint density at radius 3 is 0.520 bits per heavy atom. The molecule has 0 radical (unpaired) electrons. The minimum atomic E-state index is 1.14. The number of rotatable bonds is 16. The first-order valence-corrected chi connectivity index (χ1v) is 54.6. The Labute approximate surface area is 878 Å². The Morgan fingerprint density at radius 2 is 0.318 bits per heavy atom. The summed E-state index contributed by atoms with van der Waals surface area (Å²) < 4.78 is 10.7. The Hall–Kier alpha value is -16.6. The number of thiophene rings is 4. The highest BCUT2D eigenvalue weighted by Gasteiger charge is 2.32. The lowest BCUT2D eigenvalue weighted by Crippen LogP contribution is -2.15. The zero-order valence-corrected chi connectivity index (χ0v) is 87.9. The second-order valence-corrected chi connectivity index (χ2v) is 44.8. The number of fused-ring (bicyclic) bond motifs is 12. The summed E-state index contributed by atoms with van der Waals surface area (Å²) in [6.07, 6.45) is 0. The zero-order valence-electron chi connectivity index (χ0n) is 84.7. The molecular weight excluding hydrogens is 1870 g/mol. The molecule has 4 heterocycles. The topological polar surface area (TPSA) is 13.0 Å². The van der Waals surface area contributed by atoms with Gasteiger partial charge in [-0.15, -0.1) is 45.3 Å². The number of hydrogen-bond acceptors (Lipinski definition) is 8. The van der Waals surface area contributed by atoms with Gasteiger partial charge in [-0.1, -0.05) is 267 Å². The molecule has 4 aromatic heterocycles. The Balaban J connectivity index is 0.000000146. The number of nitrogens with zero attached hydrogens (tertiary/aromatic N) is 4. The Kier molecular flexibility index (Phi) is 21.8. The summed E-state index contributed by atoms with van der Waals surface area (Å²) in [5, 5.41) is 25.9. The molecular formula is C140H104N4S4. The average Bonchev–Trinajstić information content (AvgIpc) is 0.888. The van der Waals surface area contributed by atoms with Crippen molar-refractivity contribution >= 4 is 259 Å². The van der Waals surface area contributed by atoms with Crippen LogP contribution in [0.1, 0.15) is 66.8 Å². The highest BCUT2D eigenvalue weighted by molar-refractivity contribution is 7.27. The number of aryl methyl sites for hydroxylation is 12. The molecule has 0 spiro atoms. The van der Waals surface area contributed by atoms with Gasteiger partial charge in [0.05, 0.1) is 45.5 Å². The van der Waals surface area contributed by atoms with Crippen LogP contribution in [-0.2, 0) is 0 Å². The molecule has 708 valence electrons. The monoisotopic (exact) mass is 1970 g/mol. The summed E-state index contributed by atoms with van der Waals surface area (Å²) in [5.74, 6) is 0. The largest absolute Gasteiger partial charge is 0.309 e. The van der Waals surface area contributed by atoms with Gasteiger partial charge in [0.1, 0.15) is 0 Å². The fourth-order valence-corrected chi connectivity index (χ4v) is 29.9. The summed E-state index contributed by atoms with van der Waals surface area (Å²) in [5.41, 5.74) is 39.2. The van der Waals surface area contributed by atoms with Gasteiger partial charge in [0.15, 0.2) is 0 Å². The highest BCUT2D eigenvalue weighted by Crippen LogP contribution is 2.58. The van der Waals surface area contributed by atoms with Crippen LogP contribution >= 0.6 is 45.3 Å². The summed E-state index contributed by atoms with van der Waals surface area (Å²) in [7, 11) is 0. The van der Waals surface area contributed by atoms with E-state index in [1.54, 1.807) is 0 Å². The van der Waals surface area contributed by atoms with Crippen LogP contribution in [0.3, 0.4) is 0 Å². The third-order valence-corrected chi connectivity index (χ3v) is 36.2. The predicted molar refractivity (Wildman–Crippen MR) is 649 cm³/mol. The SMILES string of the molecule is Cc1cc(-c2cccc3c2sc2ccccc23)cc(C)c1N(c1ccccc1)c1cc(C)c2ccc3c(N(c4ccccc4)c4c(C)cc(-c5cccc6c5sc5ccccc56)cc4C)cc(C)c4ccc1c2c43.Cc1cc(-c2cccc3c2sc2ccccc23)cc(C)c1N(c1ccccc1)c1cc(C)c2ccc3c(N(c4ccccc4)c4c(C)cc(-c5cccc6c5sc5ccccc56)cc4C)cc(C)c4ccc1c2c43. The van der Waals surface area contributed by atoms with Crippen molar-refractivity contribution in [2.75, 3.05) is 19.6 Å². The normalized spacial score (nSPS) is 11.9. The van der Waals surface area contributed by atoms with Crippen LogP contribution in [0.4, 0.5) is 68.2 Å². The van der Waals surface area contributed by atoms with Crippen molar-refractivity contribution in [2.24, 2.45) is 0 Å². The molecule has 0 aliphatic heterocycles. The van der Waals surface area contributed by atoms with Gasteiger partial charge in [-0.2, -0.15) is 0 Å². The fraction of sp³-hybridized carbons (Fsp3) is 0.0857. The van der Waals surface area contributed by atoms with Crippen molar-refractivity contribution in [3.63, 3.8) is 0 Å². The third kappa shape index (κ3) is 14.5. The maximum absolute atomic E-state index is 2.53. The summed E-state index contributed by atoms with van der Waals surface area (Å²) >= 11 is 7.58. The van der Waals surface area contributed by atoms with Crippen LogP contribution in [0.15, 0.2) is 413 Å². The van der Waals surface area contributed by atoms with Crippen LogP contribution in [-0.4, -0.2) is 0 Å².